The van der Waals surface area contributed by atoms with Gasteiger partial charge in [0.1, 0.15) is 6.10 Å². The van der Waals surface area contributed by atoms with Gasteiger partial charge in [0.2, 0.25) is 0 Å². The third-order valence-corrected chi connectivity index (χ3v) is 4.21. The van der Waals surface area contributed by atoms with Gasteiger partial charge in [0, 0.05) is 5.02 Å². The maximum Gasteiger partial charge on any atom is 0.163 e. The topological polar surface area (TPSA) is 38.7 Å². The highest BCUT2D eigenvalue weighted by Crippen LogP contribution is 2.42. The lowest BCUT2D eigenvalue weighted by molar-refractivity contribution is -0.166. The van der Waals surface area contributed by atoms with Crippen molar-refractivity contribution in [3.63, 3.8) is 0 Å². The van der Waals surface area contributed by atoms with Crippen molar-refractivity contribution in [2.45, 2.75) is 50.8 Å². The van der Waals surface area contributed by atoms with Crippen LogP contribution in [-0.4, -0.2) is 29.2 Å². The molecular weight excluding hydrogens is 264 g/mol. The van der Waals surface area contributed by atoms with Crippen molar-refractivity contribution in [2.24, 2.45) is 5.92 Å². The Labute approximate surface area is 118 Å². The zero-order chi connectivity index (χ0) is 13.6. The molecule has 4 heteroatoms. The number of halogens is 1. The number of benzene rings is 1. The zero-order valence-electron chi connectivity index (χ0n) is 11.2. The van der Waals surface area contributed by atoms with Crippen LogP contribution in [0.4, 0.5) is 0 Å². The van der Waals surface area contributed by atoms with Crippen LogP contribution >= 0.6 is 11.6 Å². The van der Waals surface area contributed by atoms with Gasteiger partial charge in [0.25, 0.3) is 0 Å². The van der Waals surface area contributed by atoms with Crippen molar-refractivity contribution in [1.29, 1.82) is 0 Å². The summed E-state index contributed by atoms with van der Waals surface area (Å²) < 4.78 is 11.7. The van der Waals surface area contributed by atoms with Crippen molar-refractivity contribution in [3.8, 4) is 0 Å². The molecule has 1 aromatic rings. The van der Waals surface area contributed by atoms with E-state index in [4.69, 9.17) is 21.1 Å². The first-order valence-electron chi connectivity index (χ1n) is 6.73. The summed E-state index contributed by atoms with van der Waals surface area (Å²) in [6, 6.07) is 7.86. The molecule has 104 valence electrons. The van der Waals surface area contributed by atoms with Crippen LogP contribution in [0.3, 0.4) is 0 Å². The lowest BCUT2D eigenvalue weighted by atomic mass is 9.96. The van der Waals surface area contributed by atoms with Gasteiger partial charge in [-0.3, -0.25) is 0 Å². The predicted molar refractivity (Wildman–Crippen MR) is 73.1 cm³/mol. The van der Waals surface area contributed by atoms with Crippen LogP contribution in [0, 0.1) is 5.92 Å². The van der Waals surface area contributed by atoms with Gasteiger partial charge in [-0.25, -0.2) is 0 Å². The molecule has 3 nitrogen and oxygen atoms in total. The fourth-order valence-electron chi connectivity index (χ4n) is 3.18. The van der Waals surface area contributed by atoms with E-state index < -0.39 is 11.9 Å². The second-order valence-corrected chi connectivity index (χ2v) is 6.39. The van der Waals surface area contributed by atoms with Crippen LogP contribution in [-0.2, 0) is 15.9 Å². The molecule has 1 aliphatic heterocycles. The molecule has 0 aromatic heterocycles. The summed E-state index contributed by atoms with van der Waals surface area (Å²) in [5.41, 5.74) is 1.22. The van der Waals surface area contributed by atoms with Crippen molar-refractivity contribution < 1.29 is 14.6 Å². The first-order chi connectivity index (χ1) is 8.94. The van der Waals surface area contributed by atoms with E-state index in [9.17, 15) is 5.11 Å². The molecule has 1 aromatic carbocycles. The van der Waals surface area contributed by atoms with Crippen LogP contribution in [0.1, 0.15) is 25.8 Å². The molecule has 1 N–H and O–H groups in total. The Morgan fingerprint density at radius 3 is 2.53 bits per heavy atom. The molecule has 19 heavy (non-hydrogen) atoms. The van der Waals surface area contributed by atoms with E-state index in [0.29, 0.717) is 5.92 Å². The molecule has 4 atom stereocenters. The molecule has 1 aliphatic carbocycles. The van der Waals surface area contributed by atoms with E-state index >= 15 is 0 Å². The fraction of sp³-hybridized carbons (Fsp3) is 0.600. The molecule has 1 heterocycles. The first kappa shape index (κ1) is 13.4. The third-order valence-electron chi connectivity index (χ3n) is 3.96. The smallest absolute Gasteiger partial charge is 0.163 e. The molecular formula is C15H19ClO3. The molecule has 0 bridgehead atoms. The van der Waals surface area contributed by atoms with E-state index in [0.717, 1.165) is 17.9 Å². The maximum atomic E-state index is 10.1. The molecule has 2 aliphatic rings. The van der Waals surface area contributed by atoms with Crippen LogP contribution in [0.5, 0.6) is 0 Å². The normalized spacial score (nSPS) is 36.4. The largest absolute Gasteiger partial charge is 0.390 e. The van der Waals surface area contributed by atoms with E-state index in [2.05, 4.69) is 0 Å². The molecule has 0 unspecified atom stereocenters. The monoisotopic (exact) mass is 282 g/mol. The van der Waals surface area contributed by atoms with Gasteiger partial charge in [0.15, 0.2) is 5.79 Å². The predicted octanol–water partition coefficient (Wildman–Crippen LogP) is 2.78. The Bertz CT molecular complexity index is 457. The fourth-order valence-corrected chi connectivity index (χ4v) is 3.31. The van der Waals surface area contributed by atoms with Crippen LogP contribution in [0.25, 0.3) is 0 Å². The molecule has 1 saturated carbocycles. The minimum Gasteiger partial charge on any atom is -0.390 e. The van der Waals surface area contributed by atoms with Gasteiger partial charge >= 0.3 is 0 Å². The average Bonchev–Trinajstić information content (AvgIpc) is 2.79. The molecule has 0 spiro atoms. The van der Waals surface area contributed by atoms with Gasteiger partial charge in [-0.15, -0.1) is 0 Å². The maximum absolute atomic E-state index is 10.1. The highest BCUT2D eigenvalue weighted by molar-refractivity contribution is 6.30. The van der Waals surface area contributed by atoms with Crippen LogP contribution in [0.2, 0.25) is 5.02 Å². The minimum atomic E-state index is -0.588. The van der Waals surface area contributed by atoms with Gasteiger partial charge in [-0.05, 0) is 50.3 Å². The molecule has 2 fully saturated rings. The summed E-state index contributed by atoms with van der Waals surface area (Å²) in [5, 5.41) is 10.8. The standard InChI is InChI=1S/C15H19ClO3/c1-15(2)18-13-10(8-12(17)14(13)19-15)7-9-3-5-11(16)6-4-9/h3-6,10,12-14,17H,7-8H2,1-2H3/t10-,12-,13+,14-/m0/s1. The summed E-state index contributed by atoms with van der Waals surface area (Å²) in [4.78, 5) is 0. The van der Waals surface area contributed by atoms with Gasteiger partial charge < -0.3 is 14.6 Å². The molecule has 3 rings (SSSR count). The second-order valence-electron chi connectivity index (χ2n) is 5.96. The number of hydrogen-bond donors (Lipinski definition) is 1. The van der Waals surface area contributed by atoms with Crippen molar-refractivity contribution in [1.82, 2.24) is 0 Å². The quantitative estimate of drug-likeness (QED) is 0.906. The molecule has 1 saturated heterocycles. The number of ether oxygens (including phenoxy) is 2. The lowest BCUT2D eigenvalue weighted by Gasteiger charge is -2.22. The third kappa shape index (κ3) is 2.65. The lowest BCUT2D eigenvalue weighted by Crippen LogP contribution is -2.28. The Morgan fingerprint density at radius 2 is 1.84 bits per heavy atom. The number of hydrogen-bond acceptors (Lipinski definition) is 3. The Hall–Kier alpha value is -0.610. The number of rotatable bonds is 2. The van der Waals surface area contributed by atoms with Crippen molar-refractivity contribution in [2.75, 3.05) is 0 Å². The number of aliphatic hydroxyl groups is 1. The van der Waals surface area contributed by atoms with Crippen molar-refractivity contribution >= 4 is 11.6 Å². The van der Waals surface area contributed by atoms with Gasteiger partial charge in [0.05, 0.1) is 12.2 Å². The Balaban J connectivity index is 1.73. The van der Waals surface area contributed by atoms with Gasteiger partial charge in [-0.1, -0.05) is 23.7 Å². The average molecular weight is 283 g/mol. The highest BCUT2D eigenvalue weighted by Gasteiger charge is 2.53. The zero-order valence-corrected chi connectivity index (χ0v) is 11.9. The Morgan fingerprint density at radius 1 is 1.21 bits per heavy atom. The van der Waals surface area contributed by atoms with E-state index in [1.807, 2.05) is 38.1 Å². The summed E-state index contributed by atoms with van der Waals surface area (Å²) >= 11 is 5.89. The van der Waals surface area contributed by atoms with E-state index in [1.165, 1.54) is 5.56 Å². The van der Waals surface area contributed by atoms with E-state index in [-0.39, 0.29) is 12.2 Å². The first-order valence-corrected chi connectivity index (χ1v) is 7.10. The number of aliphatic hydroxyl groups excluding tert-OH is 1. The minimum absolute atomic E-state index is 0.0133. The Kier molecular flexibility index (Phi) is 3.34. The molecule has 0 radical (unpaired) electrons. The highest BCUT2D eigenvalue weighted by atomic mass is 35.5. The van der Waals surface area contributed by atoms with Gasteiger partial charge in [-0.2, -0.15) is 0 Å². The van der Waals surface area contributed by atoms with Crippen molar-refractivity contribution in [3.05, 3.63) is 34.9 Å². The summed E-state index contributed by atoms with van der Waals surface area (Å²) in [6.07, 6.45) is 0.986. The van der Waals surface area contributed by atoms with E-state index in [1.54, 1.807) is 0 Å². The second kappa shape index (κ2) is 4.74. The van der Waals surface area contributed by atoms with Crippen LogP contribution in [0.15, 0.2) is 24.3 Å². The SMILES string of the molecule is CC1(C)O[C@@H]2[C@@H](Cc3ccc(Cl)cc3)C[C@H](O)[C@@H]2O1. The molecule has 0 amide bonds. The summed E-state index contributed by atoms with van der Waals surface area (Å²) in [5.74, 6) is -0.294. The number of fused-ring (bicyclic) bond motifs is 1. The summed E-state index contributed by atoms with van der Waals surface area (Å²) in [6.45, 7) is 3.80. The van der Waals surface area contributed by atoms with Crippen LogP contribution < -0.4 is 0 Å². The summed E-state index contributed by atoms with van der Waals surface area (Å²) in [7, 11) is 0.